The molecule has 2 heterocycles. The molecule has 220 valence electrons. The van der Waals surface area contributed by atoms with E-state index in [0.29, 0.717) is 53.4 Å². The smallest absolute Gasteiger partial charge is 0.303 e. The van der Waals surface area contributed by atoms with Crippen molar-refractivity contribution in [1.82, 2.24) is 20.3 Å². The lowest BCUT2D eigenvalue weighted by molar-refractivity contribution is -0.137. The van der Waals surface area contributed by atoms with Crippen molar-refractivity contribution in [3.8, 4) is 11.6 Å². The Morgan fingerprint density at radius 3 is 2.63 bits per heavy atom. The minimum Gasteiger partial charge on any atom is -0.494 e. The Bertz CT molecular complexity index is 1420. The molecule has 0 bridgehead atoms. The summed E-state index contributed by atoms with van der Waals surface area (Å²) >= 11 is 0. The Kier molecular flexibility index (Phi) is 13.7. The van der Waals surface area contributed by atoms with Gasteiger partial charge in [0.2, 0.25) is 0 Å². The van der Waals surface area contributed by atoms with Crippen molar-refractivity contribution in [2.45, 2.75) is 25.8 Å². The van der Waals surface area contributed by atoms with Gasteiger partial charge in [0.1, 0.15) is 23.5 Å². The Morgan fingerprint density at radius 2 is 1.88 bits per heavy atom. The first-order chi connectivity index (χ1) is 19.0. The topological polar surface area (TPSA) is 157 Å². The largest absolute Gasteiger partial charge is 0.494 e. The molecule has 0 radical (unpaired) electrons. The summed E-state index contributed by atoms with van der Waals surface area (Å²) in [6, 6.07) is 15.5. The van der Waals surface area contributed by atoms with Gasteiger partial charge in [-0.3, -0.25) is 9.79 Å². The number of nitrogens with zero attached hydrogens (tertiary/aromatic N) is 3. The average molecular weight is 605 g/mol. The van der Waals surface area contributed by atoms with Gasteiger partial charge in [0.25, 0.3) is 0 Å². The van der Waals surface area contributed by atoms with Crippen LogP contribution in [0.3, 0.4) is 0 Å². The quantitative estimate of drug-likeness (QED) is 0.0799. The lowest BCUT2D eigenvalue weighted by atomic mass is 10.2. The van der Waals surface area contributed by atoms with Gasteiger partial charge < -0.3 is 35.9 Å². The summed E-state index contributed by atoms with van der Waals surface area (Å²) in [6.45, 7) is 2.42. The highest BCUT2D eigenvalue weighted by molar-refractivity contribution is 6.06. The number of halogens is 2. The number of aromatic nitrogens is 3. The van der Waals surface area contributed by atoms with E-state index in [-0.39, 0.29) is 43.7 Å². The molecule has 41 heavy (non-hydrogen) atoms. The molecular weight excluding hydrogens is 569 g/mol. The van der Waals surface area contributed by atoms with E-state index in [1.807, 2.05) is 49.5 Å². The van der Waals surface area contributed by atoms with Crippen LogP contribution in [0.15, 0.2) is 59.9 Å². The highest BCUT2D eigenvalue weighted by Crippen LogP contribution is 2.32. The Balaban J connectivity index is 0.00000294. The van der Waals surface area contributed by atoms with Gasteiger partial charge in [-0.1, -0.05) is 30.3 Å². The zero-order valence-corrected chi connectivity index (χ0v) is 24.2. The van der Waals surface area contributed by atoms with Crippen LogP contribution in [0.2, 0.25) is 0 Å². The van der Waals surface area contributed by atoms with Crippen molar-refractivity contribution < 1.29 is 19.7 Å². The van der Waals surface area contributed by atoms with Crippen molar-refractivity contribution in [2.75, 3.05) is 37.4 Å². The van der Waals surface area contributed by atoms with Crippen LogP contribution < -0.4 is 20.7 Å². The van der Waals surface area contributed by atoms with Crippen LogP contribution in [0.4, 0.5) is 17.2 Å². The van der Waals surface area contributed by atoms with E-state index >= 15 is 0 Å². The maximum atomic E-state index is 10.9. The number of hydrogen-bond acceptors (Lipinski definition) is 9. The molecule has 0 aliphatic heterocycles. The third-order valence-electron chi connectivity index (χ3n) is 5.93. The number of anilines is 2. The molecule has 0 aliphatic rings. The first-order valence-corrected chi connectivity index (χ1v) is 12.8. The molecule has 2 aromatic carbocycles. The number of nitrogens with one attached hydrogen (secondary N) is 4. The van der Waals surface area contributed by atoms with Crippen molar-refractivity contribution in [3.05, 3.63) is 66.0 Å². The summed E-state index contributed by atoms with van der Waals surface area (Å²) in [5, 5.41) is 30.0. The molecule has 4 aromatic rings. The summed E-state index contributed by atoms with van der Waals surface area (Å²) in [5.74, 6) is 0.248. The molecule has 0 unspecified atom stereocenters. The normalized spacial score (nSPS) is 10.7. The minimum atomic E-state index is -0.863. The van der Waals surface area contributed by atoms with E-state index in [1.165, 1.54) is 6.33 Å². The number of aromatic amines is 1. The number of fused-ring (bicyclic) bond motifs is 1. The van der Waals surface area contributed by atoms with Gasteiger partial charge in [0.05, 0.1) is 28.9 Å². The van der Waals surface area contributed by atoms with Crippen LogP contribution in [0, 0.1) is 0 Å². The molecule has 0 atom stereocenters. The van der Waals surface area contributed by atoms with E-state index in [1.54, 1.807) is 12.3 Å². The van der Waals surface area contributed by atoms with Gasteiger partial charge in [-0.15, -0.1) is 24.8 Å². The number of aliphatic imine (C=N–C) groups is 1. The second-order valence-corrected chi connectivity index (χ2v) is 8.84. The first kappa shape index (κ1) is 33.1. The van der Waals surface area contributed by atoms with Gasteiger partial charge in [0, 0.05) is 31.8 Å². The lowest BCUT2D eigenvalue weighted by Gasteiger charge is -2.14. The first-order valence-electron chi connectivity index (χ1n) is 12.8. The molecule has 0 spiro atoms. The fourth-order valence-electron chi connectivity index (χ4n) is 3.96. The van der Waals surface area contributed by atoms with Crippen LogP contribution in [-0.4, -0.2) is 64.1 Å². The average Bonchev–Trinajstić information content (AvgIpc) is 3.27. The number of carboxylic acids is 1. The molecule has 6 N–H and O–H groups in total. The Morgan fingerprint density at radius 1 is 1.07 bits per heavy atom. The van der Waals surface area contributed by atoms with Gasteiger partial charge in [-0.2, -0.15) is 0 Å². The monoisotopic (exact) mass is 603 g/mol. The van der Waals surface area contributed by atoms with Gasteiger partial charge in [-0.25, -0.2) is 9.97 Å². The van der Waals surface area contributed by atoms with Crippen LogP contribution in [-0.2, 0) is 11.3 Å². The predicted molar refractivity (Wildman–Crippen MR) is 167 cm³/mol. The van der Waals surface area contributed by atoms with E-state index < -0.39 is 5.97 Å². The van der Waals surface area contributed by atoms with E-state index in [4.69, 9.17) is 9.84 Å². The summed E-state index contributed by atoms with van der Waals surface area (Å²) in [7, 11) is 1.90. The number of benzene rings is 2. The molecule has 13 heteroatoms. The number of hydrogen-bond donors (Lipinski definition) is 6. The zero-order chi connectivity index (χ0) is 27.5. The molecular formula is C28H35Cl2N7O4. The summed E-state index contributed by atoms with van der Waals surface area (Å²) in [5.41, 5.74) is 3.45. The number of carbonyl (C=O) groups is 1. The van der Waals surface area contributed by atoms with Crippen molar-refractivity contribution >= 4 is 65.2 Å². The van der Waals surface area contributed by atoms with E-state index in [0.717, 1.165) is 24.2 Å². The molecule has 2 aromatic heterocycles. The van der Waals surface area contributed by atoms with E-state index in [2.05, 4.69) is 35.9 Å². The number of carboxylic acid groups (broad SMARTS) is 1. The zero-order valence-electron chi connectivity index (χ0n) is 22.6. The fraction of sp³-hybridized carbons (Fsp3) is 0.286. The predicted octanol–water partition coefficient (Wildman–Crippen LogP) is 5.13. The Hall–Kier alpha value is -4.06. The van der Waals surface area contributed by atoms with Crippen LogP contribution in [0.5, 0.6) is 11.6 Å². The lowest BCUT2D eigenvalue weighted by Crippen LogP contribution is -2.13. The van der Waals surface area contributed by atoms with Gasteiger partial charge in [0.15, 0.2) is 5.88 Å². The van der Waals surface area contributed by atoms with Crippen LogP contribution in [0.1, 0.15) is 30.4 Å². The SMILES string of the molecule is CNCCCNc1ncnc2[nH]c(O)c(C=Nc3ccc(NCc4ccccc4)c(OCCCC(=O)O)c3)c12.Cl.Cl. The molecule has 0 fully saturated rings. The maximum absolute atomic E-state index is 10.9. The highest BCUT2D eigenvalue weighted by atomic mass is 35.5. The third-order valence-corrected chi connectivity index (χ3v) is 5.93. The van der Waals surface area contributed by atoms with Crippen molar-refractivity contribution in [2.24, 2.45) is 4.99 Å². The molecule has 0 saturated heterocycles. The third kappa shape index (κ3) is 9.52. The van der Waals surface area contributed by atoms with Crippen molar-refractivity contribution in [3.63, 3.8) is 0 Å². The fourth-order valence-corrected chi connectivity index (χ4v) is 3.96. The van der Waals surface area contributed by atoms with Gasteiger partial charge >= 0.3 is 5.97 Å². The van der Waals surface area contributed by atoms with Crippen LogP contribution >= 0.6 is 24.8 Å². The van der Waals surface area contributed by atoms with E-state index in [9.17, 15) is 9.90 Å². The minimum absolute atomic E-state index is 0. The van der Waals surface area contributed by atoms with Crippen molar-refractivity contribution in [1.29, 1.82) is 0 Å². The molecule has 0 aliphatic carbocycles. The number of aromatic hydroxyl groups is 1. The van der Waals surface area contributed by atoms with Gasteiger partial charge in [-0.05, 0) is 44.1 Å². The number of ether oxygens (including phenoxy) is 1. The number of aliphatic carboxylic acids is 1. The summed E-state index contributed by atoms with van der Waals surface area (Å²) in [6.07, 6.45) is 4.32. The highest BCUT2D eigenvalue weighted by Gasteiger charge is 2.15. The molecule has 11 nitrogen and oxygen atoms in total. The maximum Gasteiger partial charge on any atom is 0.303 e. The molecule has 4 rings (SSSR count). The van der Waals surface area contributed by atoms with Crippen LogP contribution in [0.25, 0.3) is 11.0 Å². The Labute approximate surface area is 250 Å². The second-order valence-electron chi connectivity index (χ2n) is 8.84. The summed E-state index contributed by atoms with van der Waals surface area (Å²) < 4.78 is 5.94. The second kappa shape index (κ2) is 16.9. The summed E-state index contributed by atoms with van der Waals surface area (Å²) in [4.78, 5) is 27.0. The molecule has 0 saturated carbocycles. The molecule has 0 amide bonds. The number of H-pyrrole nitrogens is 1. The standard InChI is InChI=1S/C28H33N7O4.2ClH/c1-29-12-6-13-30-26-25-21(28(38)35-27(25)34-18-33-26)17-31-20-10-11-22(32-16-19-7-3-2-4-8-19)23(15-20)39-14-5-9-24(36)37;;/h2-4,7-8,10-11,15,17-18,29,32,38H,5-6,9,12-14,16H2,1H3,(H,36,37)(H2,30,33,34,35);2*1H. The number of rotatable bonds is 15.